The topological polar surface area (TPSA) is 46.9 Å². The monoisotopic (exact) mass is 277 g/mol. The Hall–Kier alpha value is -1.62. The molecule has 0 aliphatic carbocycles. The lowest BCUT2D eigenvalue weighted by Crippen LogP contribution is -2.27. The lowest BCUT2D eigenvalue weighted by atomic mass is 10.1. The number of hydrogen-bond donors (Lipinski definition) is 1. The Balaban J connectivity index is 2.13. The zero-order valence-electron chi connectivity index (χ0n) is 11.7. The van der Waals surface area contributed by atoms with Crippen LogP contribution in [-0.2, 0) is 16.8 Å². The quantitative estimate of drug-likeness (QED) is 0.936. The molecule has 0 saturated carbocycles. The van der Waals surface area contributed by atoms with Crippen LogP contribution in [0, 0.1) is 6.92 Å². The van der Waals surface area contributed by atoms with Gasteiger partial charge in [0.05, 0.1) is 17.7 Å². The molecule has 0 bridgehead atoms. The number of rotatable bonds is 3. The Morgan fingerprint density at radius 2 is 2.21 bits per heavy atom. The van der Waals surface area contributed by atoms with Gasteiger partial charge in [-0.05, 0) is 39.1 Å². The standard InChI is InChI=1S/C14H19N3OS/c1-10-8-12(17(16-10)14(2,3)4)15-13(18)9-11-6-5-7-19-11/h5-8H,9H2,1-4H3,(H,15,18). The Kier molecular flexibility index (Phi) is 3.75. The number of aromatic nitrogens is 2. The van der Waals surface area contributed by atoms with Crippen molar-refractivity contribution < 1.29 is 4.79 Å². The molecule has 2 aromatic heterocycles. The third-order valence-corrected chi connectivity index (χ3v) is 3.53. The molecule has 102 valence electrons. The molecule has 0 saturated heterocycles. The summed E-state index contributed by atoms with van der Waals surface area (Å²) in [5, 5.41) is 9.36. The molecule has 2 rings (SSSR count). The second-order valence-electron chi connectivity index (χ2n) is 5.56. The highest BCUT2D eigenvalue weighted by atomic mass is 32.1. The molecule has 4 nitrogen and oxygen atoms in total. The first-order chi connectivity index (χ1) is 8.86. The van der Waals surface area contributed by atoms with Crippen molar-refractivity contribution in [1.82, 2.24) is 9.78 Å². The van der Waals surface area contributed by atoms with Gasteiger partial charge in [0.15, 0.2) is 0 Å². The fraction of sp³-hybridized carbons (Fsp3) is 0.429. The fourth-order valence-electron chi connectivity index (χ4n) is 1.86. The predicted molar refractivity (Wildman–Crippen MR) is 78.6 cm³/mol. The van der Waals surface area contributed by atoms with E-state index in [0.29, 0.717) is 6.42 Å². The average Bonchev–Trinajstić information content (AvgIpc) is 2.87. The summed E-state index contributed by atoms with van der Waals surface area (Å²) in [7, 11) is 0. The molecular weight excluding hydrogens is 258 g/mol. The van der Waals surface area contributed by atoms with E-state index in [1.165, 1.54) is 0 Å². The predicted octanol–water partition coefficient (Wildman–Crippen LogP) is 3.19. The molecule has 2 aromatic rings. The number of aryl methyl sites for hydroxylation is 1. The second kappa shape index (κ2) is 5.17. The van der Waals surface area contributed by atoms with Crippen LogP contribution in [0.3, 0.4) is 0 Å². The van der Waals surface area contributed by atoms with Gasteiger partial charge in [0.25, 0.3) is 0 Å². The highest BCUT2D eigenvalue weighted by Crippen LogP contribution is 2.21. The molecule has 0 aliphatic rings. The van der Waals surface area contributed by atoms with Crippen molar-refractivity contribution in [2.45, 2.75) is 39.7 Å². The zero-order chi connectivity index (χ0) is 14.0. The number of carbonyl (C=O) groups excluding carboxylic acids is 1. The van der Waals surface area contributed by atoms with E-state index in [-0.39, 0.29) is 11.4 Å². The number of nitrogens with one attached hydrogen (secondary N) is 1. The van der Waals surface area contributed by atoms with E-state index < -0.39 is 0 Å². The van der Waals surface area contributed by atoms with Crippen molar-refractivity contribution in [1.29, 1.82) is 0 Å². The number of amides is 1. The van der Waals surface area contributed by atoms with Crippen LogP contribution in [-0.4, -0.2) is 15.7 Å². The van der Waals surface area contributed by atoms with E-state index in [4.69, 9.17) is 0 Å². The molecule has 19 heavy (non-hydrogen) atoms. The normalized spacial score (nSPS) is 11.6. The maximum atomic E-state index is 12.0. The molecular formula is C14H19N3OS. The van der Waals surface area contributed by atoms with Gasteiger partial charge in [-0.25, -0.2) is 4.68 Å². The highest BCUT2D eigenvalue weighted by Gasteiger charge is 2.20. The minimum Gasteiger partial charge on any atom is -0.311 e. The SMILES string of the molecule is Cc1cc(NC(=O)Cc2cccs2)n(C(C)(C)C)n1. The second-order valence-corrected chi connectivity index (χ2v) is 6.59. The molecule has 0 radical (unpaired) electrons. The van der Waals surface area contributed by atoms with Crippen LogP contribution in [0.4, 0.5) is 5.82 Å². The van der Waals surface area contributed by atoms with Gasteiger partial charge in [-0.1, -0.05) is 6.07 Å². The Bertz CT molecular complexity index is 564. The molecule has 0 unspecified atom stereocenters. The summed E-state index contributed by atoms with van der Waals surface area (Å²) in [5.74, 6) is 0.749. The first-order valence-electron chi connectivity index (χ1n) is 6.25. The van der Waals surface area contributed by atoms with Crippen LogP contribution >= 0.6 is 11.3 Å². The molecule has 0 aliphatic heterocycles. The average molecular weight is 277 g/mol. The number of thiophene rings is 1. The van der Waals surface area contributed by atoms with Gasteiger partial charge in [0.1, 0.15) is 5.82 Å². The molecule has 1 amide bonds. The summed E-state index contributed by atoms with van der Waals surface area (Å²) in [6.07, 6.45) is 0.409. The van der Waals surface area contributed by atoms with E-state index in [1.54, 1.807) is 11.3 Å². The molecule has 0 spiro atoms. The van der Waals surface area contributed by atoms with E-state index in [2.05, 4.69) is 31.2 Å². The van der Waals surface area contributed by atoms with Gasteiger partial charge in [0, 0.05) is 10.9 Å². The van der Waals surface area contributed by atoms with Crippen LogP contribution in [0.25, 0.3) is 0 Å². The van der Waals surface area contributed by atoms with Crippen LogP contribution in [0.5, 0.6) is 0 Å². The van der Waals surface area contributed by atoms with Crippen molar-refractivity contribution in [2.75, 3.05) is 5.32 Å². The maximum Gasteiger partial charge on any atom is 0.230 e. The fourth-order valence-corrected chi connectivity index (χ4v) is 2.56. The van der Waals surface area contributed by atoms with Crippen molar-refractivity contribution in [3.05, 3.63) is 34.2 Å². The largest absolute Gasteiger partial charge is 0.311 e. The van der Waals surface area contributed by atoms with Crippen LogP contribution in [0.2, 0.25) is 0 Å². The third-order valence-electron chi connectivity index (χ3n) is 2.65. The summed E-state index contributed by atoms with van der Waals surface area (Å²) in [5.41, 5.74) is 0.751. The van der Waals surface area contributed by atoms with E-state index >= 15 is 0 Å². The van der Waals surface area contributed by atoms with Crippen LogP contribution in [0.1, 0.15) is 31.3 Å². The Labute approximate surface area is 117 Å². The zero-order valence-corrected chi connectivity index (χ0v) is 12.5. The Morgan fingerprint density at radius 1 is 1.47 bits per heavy atom. The number of nitrogens with zero attached hydrogens (tertiary/aromatic N) is 2. The smallest absolute Gasteiger partial charge is 0.230 e. The lowest BCUT2D eigenvalue weighted by Gasteiger charge is -2.22. The minimum atomic E-state index is -0.153. The lowest BCUT2D eigenvalue weighted by molar-refractivity contribution is -0.115. The van der Waals surface area contributed by atoms with Crippen molar-refractivity contribution >= 4 is 23.1 Å². The van der Waals surface area contributed by atoms with Crippen LogP contribution in [0.15, 0.2) is 23.6 Å². The van der Waals surface area contributed by atoms with Gasteiger partial charge >= 0.3 is 0 Å². The van der Waals surface area contributed by atoms with Gasteiger partial charge in [0.2, 0.25) is 5.91 Å². The summed E-state index contributed by atoms with van der Waals surface area (Å²) in [4.78, 5) is 13.1. The maximum absolute atomic E-state index is 12.0. The number of carbonyl (C=O) groups is 1. The number of anilines is 1. The molecule has 2 heterocycles. The first-order valence-corrected chi connectivity index (χ1v) is 7.13. The first kappa shape index (κ1) is 13.8. The summed E-state index contributed by atoms with van der Waals surface area (Å²) in [6, 6.07) is 5.82. The van der Waals surface area contributed by atoms with Crippen molar-refractivity contribution in [2.24, 2.45) is 0 Å². The van der Waals surface area contributed by atoms with E-state index in [9.17, 15) is 4.79 Å². The molecule has 0 aromatic carbocycles. The van der Waals surface area contributed by atoms with E-state index in [0.717, 1.165) is 16.4 Å². The molecule has 0 fully saturated rings. The number of hydrogen-bond acceptors (Lipinski definition) is 3. The minimum absolute atomic E-state index is 0.00662. The summed E-state index contributed by atoms with van der Waals surface area (Å²) in [6.45, 7) is 8.12. The van der Waals surface area contributed by atoms with Crippen LogP contribution < -0.4 is 5.32 Å². The van der Waals surface area contributed by atoms with Gasteiger partial charge in [-0.15, -0.1) is 11.3 Å². The summed E-state index contributed by atoms with van der Waals surface area (Å²) < 4.78 is 1.86. The summed E-state index contributed by atoms with van der Waals surface area (Å²) >= 11 is 1.59. The van der Waals surface area contributed by atoms with Gasteiger partial charge in [-0.2, -0.15) is 5.10 Å². The molecule has 0 atom stereocenters. The molecule has 1 N–H and O–H groups in total. The molecule has 5 heteroatoms. The van der Waals surface area contributed by atoms with Crippen molar-refractivity contribution in [3.8, 4) is 0 Å². The van der Waals surface area contributed by atoms with E-state index in [1.807, 2.05) is 35.2 Å². The highest BCUT2D eigenvalue weighted by molar-refractivity contribution is 7.10. The Morgan fingerprint density at radius 3 is 2.79 bits per heavy atom. The third kappa shape index (κ3) is 3.44. The van der Waals surface area contributed by atoms with Gasteiger partial charge < -0.3 is 5.32 Å². The van der Waals surface area contributed by atoms with Gasteiger partial charge in [-0.3, -0.25) is 4.79 Å². The van der Waals surface area contributed by atoms with Crippen molar-refractivity contribution in [3.63, 3.8) is 0 Å².